The van der Waals surface area contributed by atoms with Crippen LogP contribution in [0.25, 0.3) is 0 Å². The molecule has 0 aromatic heterocycles. The first-order valence-corrected chi connectivity index (χ1v) is 19.2. The Kier molecular flexibility index (Phi) is 11.7. The Hall–Kier alpha value is -2.27. The minimum absolute atomic E-state index is 0.249. The summed E-state index contributed by atoms with van der Waals surface area (Å²) >= 11 is 0. The fourth-order valence-corrected chi connectivity index (χ4v) is 11.0. The summed E-state index contributed by atoms with van der Waals surface area (Å²) in [5, 5.41) is 0. The molecule has 1 aromatic rings. The molecule has 4 aliphatic rings. The van der Waals surface area contributed by atoms with Crippen LogP contribution in [-0.2, 0) is 4.74 Å². The second kappa shape index (κ2) is 15.3. The van der Waals surface area contributed by atoms with Crippen LogP contribution in [0.2, 0.25) is 0 Å². The summed E-state index contributed by atoms with van der Waals surface area (Å²) < 4.78 is 5.49. The van der Waals surface area contributed by atoms with Gasteiger partial charge in [-0.15, -0.1) is 6.42 Å². The lowest BCUT2D eigenvalue weighted by Crippen LogP contribution is -2.50. The van der Waals surface area contributed by atoms with Crippen molar-refractivity contribution >= 4 is 5.97 Å². The van der Waals surface area contributed by atoms with Gasteiger partial charge in [-0.25, -0.2) is 4.79 Å². The van der Waals surface area contributed by atoms with E-state index >= 15 is 0 Å². The first-order chi connectivity index (χ1) is 22.1. The van der Waals surface area contributed by atoms with E-state index in [2.05, 4.69) is 65.7 Å². The predicted octanol–water partition coefficient (Wildman–Crippen LogP) is 11.8. The minimum atomic E-state index is -0.249. The van der Waals surface area contributed by atoms with Crippen LogP contribution in [0.3, 0.4) is 0 Å². The van der Waals surface area contributed by atoms with Crippen LogP contribution < -0.4 is 0 Å². The maximum absolute atomic E-state index is 12.3. The molecular weight excluding hydrogens is 560 g/mol. The van der Waals surface area contributed by atoms with Crippen LogP contribution >= 0.6 is 0 Å². The number of allylic oxidation sites excluding steroid dienone is 4. The van der Waals surface area contributed by atoms with Crippen molar-refractivity contribution < 1.29 is 9.53 Å². The Morgan fingerprint density at radius 3 is 2.46 bits per heavy atom. The van der Waals surface area contributed by atoms with E-state index in [-0.39, 0.29) is 5.97 Å². The molecule has 0 unspecified atom stereocenters. The number of benzene rings is 1. The zero-order valence-corrected chi connectivity index (χ0v) is 30.2. The maximum Gasteiger partial charge on any atom is 0.338 e. The fourth-order valence-electron chi connectivity index (χ4n) is 11.0. The second-order valence-corrected chi connectivity index (χ2v) is 16.7. The average molecular weight is 625 g/mol. The molecule has 0 saturated heterocycles. The molecule has 4 aliphatic carbocycles. The van der Waals surface area contributed by atoms with E-state index in [4.69, 9.17) is 11.2 Å². The fraction of sp³-hybridized carbons (Fsp3) is 0.705. The Balaban J connectivity index is 1.07. The van der Waals surface area contributed by atoms with E-state index in [9.17, 15) is 4.79 Å². The number of carbonyl (C=O) groups is 1. The Bertz CT molecular complexity index is 1260. The van der Waals surface area contributed by atoms with Gasteiger partial charge in [-0.1, -0.05) is 96.9 Å². The highest BCUT2D eigenvalue weighted by Crippen LogP contribution is 2.67. The highest BCUT2D eigenvalue weighted by molar-refractivity contribution is 5.89. The van der Waals surface area contributed by atoms with Crippen molar-refractivity contribution in [2.75, 3.05) is 6.61 Å². The number of unbranched alkanes of at least 4 members (excludes halogenated alkanes) is 3. The molecule has 0 N–H and O–H groups in total. The van der Waals surface area contributed by atoms with E-state index < -0.39 is 0 Å². The smallest absolute Gasteiger partial charge is 0.338 e. The topological polar surface area (TPSA) is 26.3 Å². The van der Waals surface area contributed by atoms with Crippen molar-refractivity contribution in [2.24, 2.45) is 58.2 Å². The van der Waals surface area contributed by atoms with Crippen LogP contribution in [0.1, 0.15) is 147 Å². The van der Waals surface area contributed by atoms with E-state index in [0.717, 1.165) is 59.8 Å². The van der Waals surface area contributed by atoms with Crippen molar-refractivity contribution in [3.63, 3.8) is 0 Å². The monoisotopic (exact) mass is 624 g/mol. The zero-order valence-electron chi connectivity index (χ0n) is 30.2. The molecule has 3 fully saturated rings. The lowest BCUT2D eigenvalue weighted by molar-refractivity contribution is -0.0494. The molecule has 0 spiro atoms. The normalized spacial score (nSPS) is 33.4. The molecule has 2 nitrogen and oxygen atoms in total. The van der Waals surface area contributed by atoms with Gasteiger partial charge >= 0.3 is 5.97 Å². The molecule has 0 heterocycles. The third kappa shape index (κ3) is 7.40. The first-order valence-electron chi connectivity index (χ1n) is 19.2. The van der Waals surface area contributed by atoms with Gasteiger partial charge in [0.05, 0.1) is 12.2 Å². The van der Waals surface area contributed by atoms with Crippen LogP contribution in [0.5, 0.6) is 0 Å². The maximum atomic E-state index is 12.3. The van der Waals surface area contributed by atoms with Crippen molar-refractivity contribution in [1.82, 2.24) is 0 Å². The molecular formula is C44H64O2. The summed E-state index contributed by atoms with van der Waals surface area (Å²) in [5.74, 6) is 8.93. The van der Waals surface area contributed by atoms with Gasteiger partial charge in [0.25, 0.3) is 0 Å². The van der Waals surface area contributed by atoms with E-state index in [1.54, 1.807) is 24.3 Å². The van der Waals surface area contributed by atoms with Crippen molar-refractivity contribution in [3.05, 3.63) is 59.2 Å². The third-order valence-corrected chi connectivity index (χ3v) is 13.9. The van der Waals surface area contributed by atoms with Crippen molar-refractivity contribution in [1.29, 1.82) is 0 Å². The SMILES string of the molecule is C#Cc1ccc(C(=O)OCCCCCC[C@H]2CC[C@@]3(C)C(=CC[C@H]4[C@@H]5CC[C@H]([C@H](C)/C=C/[C@@H](CC)C(C)C)[C@@]5(C)CC[C@@H]43)C2)cc1. The van der Waals surface area contributed by atoms with Crippen molar-refractivity contribution in [3.8, 4) is 12.3 Å². The second-order valence-electron chi connectivity index (χ2n) is 16.7. The largest absolute Gasteiger partial charge is 0.462 e. The molecule has 3 saturated carbocycles. The molecule has 46 heavy (non-hydrogen) atoms. The first kappa shape index (κ1) is 35.0. The number of ether oxygens (including phenoxy) is 1. The minimum Gasteiger partial charge on any atom is -0.462 e. The number of fused-ring (bicyclic) bond motifs is 5. The molecule has 0 amide bonds. The van der Waals surface area contributed by atoms with Gasteiger partial charge in [0.15, 0.2) is 0 Å². The lowest BCUT2D eigenvalue weighted by atomic mass is 9.46. The summed E-state index contributed by atoms with van der Waals surface area (Å²) in [6.45, 7) is 15.5. The Labute approximate surface area is 282 Å². The lowest BCUT2D eigenvalue weighted by Gasteiger charge is -2.58. The predicted molar refractivity (Wildman–Crippen MR) is 193 cm³/mol. The van der Waals surface area contributed by atoms with Gasteiger partial charge < -0.3 is 4.74 Å². The summed E-state index contributed by atoms with van der Waals surface area (Å²) in [6, 6.07) is 7.08. The van der Waals surface area contributed by atoms with Gasteiger partial charge in [0.1, 0.15) is 0 Å². The zero-order chi connectivity index (χ0) is 32.9. The molecule has 0 bridgehead atoms. The highest BCUT2D eigenvalue weighted by atomic mass is 16.5. The summed E-state index contributed by atoms with van der Waals surface area (Å²) in [6.07, 6.45) is 31.9. The molecule has 0 aliphatic heterocycles. The molecule has 5 rings (SSSR count). The van der Waals surface area contributed by atoms with Crippen LogP contribution in [-0.4, -0.2) is 12.6 Å². The third-order valence-electron chi connectivity index (χ3n) is 13.9. The Morgan fingerprint density at radius 2 is 1.74 bits per heavy atom. The van der Waals surface area contributed by atoms with Gasteiger partial charge in [0, 0.05) is 5.56 Å². The van der Waals surface area contributed by atoms with Gasteiger partial charge in [-0.3, -0.25) is 0 Å². The molecule has 0 radical (unpaired) electrons. The number of hydrogen-bond acceptors (Lipinski definition) is 2. The highest BCUT2D eigenvalue weighted by Gasteiger charge is 2.59. The van der Waals surface area contributed by atoms with Crippen LogP contribution in [0.15, 0.2) is 48.1 Å². The van der Waals surface area contributed by atoms with Gasteiger partial charge in [0.2, 0.25) is 0 Å². The van der Waals surface area contributed by atoms with E-state index in [1.165, 1.54) is 77.0 Å². The van der Waals surface area contributed by atoms with Gasteiger partial charge in [-0.2, -0.15) is 0 Å². The van der Waals surface area contributed by atoms with E-state index in [0.29, 0.717) is 28.9 Å². The van der Waals surface area contributed by atoms with Crippen molar-refractivity contribution in [2.45, 2.75) is 131 Å². The standard InChI is InChI=1S/C44H64O2/c1-8-33-16-19-36(20-17-33)42(45)46-29-13-11-10-12-14-34-25-27-43(6)37(30-34)21-22-38-40-24-23-39(44(40,7)28-26-41(38)43)32(5)15-18-35(9-2)31(3)4/h1,15-21,31-32,34-35,38-41H,9-14,22-30H2,2-7H3/b18-15+/t32-,34+,35-,38+,39-,40+,41+,43+,44-/m1/s1. The molecule has 2 heteroatoms. The average Bonchev–Trinajstić information content (AvgIpc) is 3.41. The summed E-state index contributed by atoms with van der Waals surface area (Å²) in [7, 11) is 0. The molecule has 252 valence electrons. The number of rotatable bonds is 13. The quantitative estimate of drug-likeness (QED) is 0.0944. The molecule has 1 aromatic carbocycles. The summed E-state index contributed by atoms with van der Waals surface area (Å²) in [4.78, 5) is 12.3. The van der Waals surface area contributed by atoms with Crippen LogP contribution in [0.4, 0.5) is 0 Å². The number of hydrogen-bond donors (Lipinski definition) is 0. The molecule has 9 atom stereocenters. The van der Waals surface area contributed by atoms with E-state index in [1.807, 2.05) is 5.57 Å². The van der Waals surface area contributed by atoms with Crippen LogP contribution in [0, 0.1) is 70.5 Å². The van der Waals surface area contributed by atoms with Gasteiger partial charge in [-0.05, 0) is 147 Å². The Morgan fingerprint density at radius 1 is 0.978 bits per heavy atom. The number of carbonyl (C=O) groups excluding carboxylic acids is 1. The summed E-state index contributed by atoms with van der Waals surface area (Å²) in [5.41, 5.74) is 4.16. The number of terminal acetylenes is 1. The number of esters is 1.